The van der Waals surface area contributed by atoms with Crippen molar-refractivity contribution in [2.45, 2.75) is 57.9 Å². The molecule has 1 atom stereocenters. The van der Waals surface area contributed by atoms with Gasteiger partial charge in [-0.1, -0.05) is 44.2 Å². The molecule has 0 saturated carbocycles. The standard InChI is InChI=1S/C19H26N2O3/c1-14(13-19(2,3)15-7-5-4-6-8-15)20-16(22)11-12-21-17(23)9-10-18(21)24/h4-8,14H,9-13H2,1-3H3,(H,20,22)/t14-/m1/s1. The Morgan fingerprint density at radius 2 is 1.75 bits per heavy atom. The summed E-state index contributed by atoms with van der Waals surface area (Å²) >= 11 is 0. The van der Waals surface area contributed by atoms with Gasteiger partial charge < -0.3 is 5.32 Å². The van der Waals surface area contributed by atoms with Crippen LogP contribution in [0.15, 0.2) is 30.3 Å². The van der Waals surface area contributed by atoms with Gasteiger partial charge in [-0.05, 0) is 24.3 Å². The van der Waals surface area contributed by atoms with Gasteiger partial charge in [0, 0.05) is 31.8 Å². The summed E-state index contributed by atoms with van der Waals surface area (Å²) in [5, 5.41) is 2.97. The lowest BCUT2D eigenvalue weighted by atomic mass is 9.79. The molecular formula is C19H26N2O3. The zero-order chi connectivity index (χ0) is 17.7. The molecule has 0 spiro atoms. The number of nitrogens with zero attached hydrogens (tertiary/aromatic N) is 1. The van der Waals surface area contributed by atoms with Crippen molar-refractivity contribution in [1.82, 2.24) is 10.2 Å². The number of benzene rings is 1. The van der Waals surface area contributed by atoms with Gasteiger partial charge in [0.1, 0.15) is 0 Å². The Hall–Kier alpha value is -2.17. The molecule has 5 nitrogen and oxygen atoms in total. The number of hydrogen-bond donors (Lipinski definition) is 1. The second-order valence-corrected chi connectivity index (χ2v) is 7.11. The quantitative estimate of drug-likeness (QED) is 0.781. The van der Waals surface area contributed by atoms with Crippen LogP contribution in [0.5, 0.6) is 0 Å². The molecule has 0 aromatic heterocycles. The van der Waals surface area contributed by atoms with Crippen molar-refractivity contribution < 1.29 is 14.4 Å². The van der Waals surface area contributed by atoms with Crippen LogP contribution < -0.4 is 5.32 Å². The zero-order valence-corrected chi connectivity index (χ0v) is 14.7. The number of nitrogens with one attached hydrogen (secondary N) is 1. The Labute approximate surface area is 143 Å². The molecule has 24 heavy (non-hydrogen) atoms. The lowest BCUT2D eigenvalue weighted by molar-refractivity contribution is -0.138. The fourth-order valence-corrected chi connectivity index (χ4v) is 3.26. The van der Waals surface area contributed by atoms with Crippen LogP contribution in [0, 0.1) is 0 Å². The molecule has 5 heteroatoms. The molecule has 1 fully saturated rings. The van der Waals surface area contributed by atoms with Crippen LogP contribution in [0.25, 0.3) is 0 Å². The minimum Gasteiger partial charge on any atom is -0.354 e. The summed E-state index contributed by atoms with van der Waals surface area (Å²) in [5.41, 5.74) is 1.19. The van der Waals surface area contributed by atoms with Crippen LogP contribution in [-0.2, 0) is 19.8 Å². The normalized spacial score (nSPS) is 16.4. The fraction of sp³-hybridized carbons (Fsp3) is 0.526. The van der Waals surface area contributed by atoms with Crippen molar-refractivity contribution >= 4 is 17.7 Å². The first-order valence-corrected chi connectivity index (χ1v) is 8.47. The van der Waals surface area contributed by atoms with E-state index in [0.717, 1.165) is 6.42 Å². The van der Waals surface area contributed by atoms with E-state index in [9.17, 15) is 14.4 Å². The van der Waals surface area contributed by atoms with Gasteiger partial charge in [0.2, 0.25) is 17.7 Å². The summed E-state index contributed by atoms with van der Waals surface area (Å²) in [6.45, 7) is 6.48. The van der Waals surface area contributed by atoms with E-state index in [4.69, 9.17) is 0 Å². The van der Waals surface area contributed by atoms with E-state index in [1.54, 1.807) is 0 Å². The average molecular weight is 330 g/mol. The summed E-state index contributed by atoms with van der Waals surface area (Å²) in [7, 11) is 0. The lowest BCUT2D eigenvalue weighted by Gasteiger charge is -2.29. The van der Waals surface area contributed by atoms with Crippen LogP contribution >= 0.6 is 0 Å². The number of hydrogen-bond acceptors (Lipinski definition) is 3. The van der Waals surface area contributed by atoms with E-state index in [1.807, 2.05) is 25.1 Å². The van der Waals surface area contributed by atoms with Gasteiger partial charge in [0.05, 0.1) is 0 Å². The third kappa shape index (κ3) is 4.66. The zero-order valence-electron chi connectivity index (χ0n) is 14.7. The van der Waals surface area contributed by atoms with Gasteiger partial charge in [0.25, 0.3) is 0 Å². The Balaban J connectivity index is 1.81. The smallest absolute Gasteiger partial charge is 0.229 e. The molecule has 1 aromatic carbocycles. The van der Waals surface area contributed by atoms with Gasteiger partial charge in [0.15, 0.2) is 0 Å². The van der Waals surface area contributed by atoms with Crippen LogP contribution in [0.1, 0.15) is 52.0 Å². The molecule has 1 saturated heterocycles. The third-order valence-corrected chi connectivity index (χ3v) is 4.50. The summed E-state index contributed by atoms with van der Waals surface area (Å²) in [4.78, 5) is 36.4. The van der Waals surface area contributed by atoms with Gasteiger partial charge in [-0.25, -0.2) is 0 Å². The molecule has 1 aliphatic heterocycles. The van der Waals surface area contributed by atoms with Crippen LogP contribution in [0.3, 0.4) is 0 Å². The van der Waals surface area contributed by atoms with Crippen molar-refractivity contribution in [2.24, 2.45) is 0 Å². The van der Waals surface area contributed by atoms with Gasteiger partial charge >= 0.3 is 0 Å². The van der Waals surface area contributed by atoms with E-state index in [-0.39, 0.29) is 55.0 Å². The highest BCUT2D eigenvalue weighted by atomic mass is 16.2. The first-order valence-electron chi connectivity index (χ1n) is 8.47. The minimum atomic E-state index is -0.175. The first kappa shape index (κ1) is 18.2. The van der Waals surface area contributed by atoms with Gasteiger partial charge in [-0.2, -0.15) is 0 Å². The largest absolute Gasteiger partial charge is 0.354 e. The molecule has 2 rings (SSSR count). The predicted molar refractivity (Wildman–Crippen MR) is 92.3 cm³/mol. The predicted octanol–water partition coefficient (Wildman–Crippen LogP) is 2.40. The van der Waals surface area contributed by atoms with Crippen molar-refractivity contribution in [1.29, 1.82) is 0 Å². The molecule has 0 aliphatic carbocycles. The minimum absolute atomic E-state index is 0.0117. The molecule has 1 heterocycles. The van der Waals surface area contributed by atoms with E-state index >= 15 is 0 Å². The van der Waals surface area contributed by atoms with E-state index < -0.39 is 0 Å². The average Bonchev–Trinajstić information content (AvgIpc) is 2.84. The summed E-state index contributed by atoms with van der Waals surface area (Å²) in [5.74, 6) is -0.476. The maximum Gasteiger partial charge on any atom is 0.229 e. The Kier molecular flexibility index (Phi) is 5.75. The third-order valence-electron chi connectivity index (χ3n) is 4.50. The lowest BCUT2D eigenvalue weighted by Crippen LogP contribution is -2.39. The molecule has 3 amide bonds. The summed E-state index contributed by atoms with van der Waals surface area (Å²) in [6, 6.07) is 10.2. The Morgan fingerprint density at radius 3 is 2.33 bits per heavy atom. The van der Waals surface area contributed by atoms with Gasteiger partial charge in [-0.3, -0.25) is 19.3 Å². The van der Waals surface area contributed by atoms with E-state index in [0.29, 0.717) is 0 Å². The van der Waals surface area contributed by atoms with Gasteiger partial charge in [-0.15, -0.1) is 0 Å². The second kappa shape index (κ2) is 7.60. The van der Waals surface area contributed by atoms with Crippen molar-refractivity contribution in [3.63, 3.8) is 0 Å². The number of carbonyl (C=O) groups is 3. The Bertz CT molecular complexity index is 594. The molecule has 1 aromatic rings. The highest BCUT2D eigenvalue weighted by Gasteiger charge is 2.29. The number of amides is 3. The van der Waals surface area contributed by atoms with Crippen molar-refractivity contribution in [3.8, 4) is 0 Å². The maximum atomic E-state index is 12.1. The van der Waals surface area contributed by atoms with E-state index in [1.165, 1.54) is 10.5 Å². The molecule has 130 valence electrons. The molecule has 0 radical (unpaired) electrons. The van der Waals surface area contributed by atoms with Crippen LogP contribution in [-0.4, -0.2) is 35.2 Å². The Morgan fingerprint density at radius 1 is 1.17 bits per heavy atom. The fourth-order valence-electron chi connectivity index (χ4n) is 3.26. The van der Waals surface area contributed by atoms with Crippen molar-refractivity contribution in [2.75, 3.05) is 6.54 Å². The molecule has 0 unspecified atom stereocenters. The SMILES string of the molecule is C[C@H](CC(C)(C)c1ccccc1)NC(=O)CCN1C(=O)CCC1=O. The number of rotatable bonds is 7. The number of likely N-dealkylation sites (tertiary alicyclic amines) is 1. The highest BCUT2D eigenvalue weighted by molar-refractivity contribution is 6.02. The highest BCUT2D eigenvalue weighted by Crippen LogP contribution is 2.28. The maximum absolute atomic E-state index is 12.1. The molecule has 1 N–H and O–H groups in total. The summed E-state index contributed by atoms with van der Waals surface area (Å²) in [6.07, 6.45) is 1.50. The molecular weight excluding hydrogens is 304 g/mol. The monoisotopic (exact) mass is 330 g/mol. The van der Waals surface area contributed by atoms with E-state index in [2.05, 4.69) is 31.3 Å². The molecule has 0 bridgehead atoms. The first-order chi connectivity index (χ1) is 11.3. The second-order valence-electron chi connectivity index (χ2n) is 7.11. The van der Waals surface area contributed by atoms with Crippen LogP contribution in [0.2, 0.25) is 0 Å². The van der Waals surface area contributed by atoms with Crippen molar-refractivity contribution in [3.05, 3.63) is 35.9 Å². The topological polar surface area (TPSA) is 66.5 Å². The summed E-state index contributed by atoms with van der Waals surface area (Å²) < 4.78 is 0. The number of imide groups is 1. The molecule has 1 aliphatic rings. The van der Waals surface area contributed by atoms with Crippen LogP contribution in [0.4, 0.5) is 0 Å². The number of carbonyl (C=O) groups excluding carboxylic acids is 3.